The Morgan fingerprint density at radius 1 is 1.22 bits per heavy atom. The third-order valence-corrected chi connectivity index (χ3v) is 4.21. The van der Waals surface area contributed by atoms with Gasteiger partial charge in [-0.3, -0.25) is 4.79 Å². The van der Waals surface area contributed by atoms with Crippen LogP contribution < -0.4 is 0 Å². The zero-order valence-corrected chi connectivity index (χ0v) is 13.3. The van der Waals surface area contributed by atoms with Crippen LogP contribution >= 0.6 is 15.9 Å². The van der Waals surface area contributed by atoms with Crippen LogP contribution in [0.15, 0.2) is 6.07 Å². The van der Waals surface area contributed by atoms with E-state index in [1.807, 2.05) is 0 Å². The third kappa shape index (κ3) is 3.58. The molecule has 1 atom stereocenters. The standard InChI is InChI=1S/C15H21BrO2/c1-9-6-10(2)12(4)14(11(9)3)7-13(16)8-15(17)18-5/h6,13H,7-8H2,1-5H3. The SMILES string of the molecule is COC(=O)CC(Br)Cc1c(C)c(C)cc(C)c1C. The summed E-state index contributed by atoms with van der Waals surface area (Å²) in [6.45, 7) is 8.56. The zero-order valence-electron chi connectivity index (χ0n) is 11.8. The van der Waals surface area contributed by atoms with Gasteiger partial charge in [-0.25, -0.2) is 0 Å². The fraction of sp³-hybridized carbons (Fsp3) is 0.533. The summed E-state index contributed by atoms with van der Waals surface area (Å²) in [4.78, 5) is 11.4. The molecule has 0 N–H and O–H groups in total. The lowest BCUT2D eigenvalue weighted by atomic mass is 9.91. The first-order chi connectivity index (χ1) is 8.36. The highest BCUT2D eigenvalue weighted by Gasteiger charge is 2.16. The summed E-state index contributed by atoms with van der Waals surface area (Å²) < 4.78 is 4.70. The maximum absolute atomic E-state index is 11.3. The van der Waals surface area contributed by atoms with Crippen molar-refractivity contribution in [3.63, 3.8) is 0 Å². The fourth-order valence-corrected chi connectivity index (χ4v) is 2.75. The Balaban J connectivity index is 2.93. The largest absolute Gasteiger partial charge is 0.469 e. The second kappa shape index (κ2) is 6.37. The van der Waals surface area contributed by atoms with Crippen molar-refractivity contribution < 1.29 is 9.53 Å². The summed E-state index contributed by atoms with van der Waals surface area (Å²) in [5.41, 5.74) is 6.62. The van der Waals surface area contributed by atoms with E-state index in [2.05, 4.69) is 49.7 Å². The Hall–Kier alpha value is -0.830. The van der Waals surface area contributed by atoms with Crippen molar-refractivity contribution in [1.29, 1.82) is 0 Å². The first kappa shape index (κ1) is 15.2. The van der Waals surface area contributed by atoms with Gasteiger partial charge in [0.05, 0.1) is 13.5 Å². The third-order valence-electron chi connectivity index (χ3n) is 3.56. The number of carbonyl (C=O) groups excluding carboxylic acids is 1. The van der Waals surface area contributed by atoms with Crippen LogP contribution in [-0.4, -0.2) is 17.9 Å². The average molecular weight is 313 g/mol. The molecule has 0 fully saturated rings. The lowest BCUT2D eigenvalue weighted by molar-refractivity contribution is -0.140. The molecule has 18 heavy (non-hydrogen) atoms. The number of methoxy groups -OCH3 is 1. The molecular formula is C15H21BrO2. The van der Waals surface area contributed by atoms with Gasteiger partial charge in [0.2, 0.25) is 0 Å². The molecule has 0 aliphatic rings. The van der Waals surface area contributed by atoms with Gasteiger partial charge in [0.25, 0.3) is 0 Å². The molecule has 0 bridgehead atoms. The van der Waals surface area contributed by atoms with Crippen LogP contribution in [0.25, 0.3) is 0 Å². The molecule has 0 heterocycles. The van der Waals surface area contributed by atoms with Gasteiger partial charge in [-0.1, -0.05) is 22.0 Å². The summed E-state index contributed by atoms with van der Waals surface area (Å²) >= 11 is 3.57. The minimum atomic E-state index is -0.170. The highest BCUT2D eigenvalue weighted by molar-refractivity contribution is 9.09. The van der Waals surface area contributed by atoms with Crippen LogP contribution in [0.2, 0.25) is 0 Å². The number of halogens is 1. The molecule has 1 aromatic carbocycles. The molecule has 0 radical (unpaired) electrons. The molecule has 0 aromatic heterocycles. The summed E-state index contributed by atoms with van der Waals surface area (Å²) in [6.07, 6.45) is 1.26. The molecule has 0 aliphatic heterocycles. The van der Waals surface area contributed by atoms with Gasteiger partial charge in [-0.05, 0) is 61.9 Å². The van der Waals surface area contributed by atoms with Crippen molar-refractivity contribution in [2.24, 2.45) is 0 Å². The van der Waals surface area contributed by atoms with Crippen molar-refractivity contribution in [1.82, 2.24) is 0 Å². The molecular weight excluding hydrogens is 292 g/mol. The minimum absolute atomic E-state index is 0.128. The molecule has 100 valence electrons. The average Bonchev–Trinajstić information content (AvgIpc) is 2.32. The first-order valence-corrected chi connectivity index (χ1v) is 7.05. The van der Waals surface area contributed by atoms with Gasteiger partial charge in [-0.2, -0.15) is 0 Å². The van der Waals surface area contributed by atoms with Crippen LogP contribution in [0, 0.1) is 27.7 Å². The molecule has 0 aliphatic carbocycles. The fourth-order valence-electron chi connectivity index (χ4n) is 2.16. The number of ether oxygens (including phenoxy) is 1. The van der Waals surface area contributed by atoms with E-state index in [0.717, 1.165) is 6.42 Å². The quantitative estimate of drug-likeness (QED) is 0.624. The molecule has 0 saturated carbocycles. The highest BCUT2D eigenvalue weighted by atomic mass is 79.9. The van der Waals surface area contributed by atoms with Crippen LogP contribution in [0.4, 0.5) is 0 Å². The van der Waals surface area contributed by atoms with Crippen LogP contribution in [-0.2, 0) is 16.0 Å². The van der Waals surface area contributed by atoms with Crippen LogP contribution in [0.3, 0.4) is 0 Å². The monoisotopic (exact) mass is 312 g/mol. The van der Waals surface area contributed by atoms with Gasteiger partial charge in [0.1, 0.15) is 0 Å². The van der Waals surface area contributed by atoms with E-state index in [0.29, 0.717) is 6.42 Å². The van der Waals surface area contributed by atoms with Gasteiger partial charge >= 0.3 is 5.97 Å². The predicted molar refractivity (Wildman–Crippen MR) is 78.4 cm³/mol. The number of esters is 1. The Bertz CT molecular complexity index is 426. The van der Waals surface area contributed by atoms with E-state index < -0.39 is 0 Å². The number of rotatable bonds is 4. The van der Waals surface area contributed by atoms with Crippen molar-refractivity contribution >= 4 is 21.9 Å². The van der Waals surface area contributed by atoms with E-state index in [1.54, 1.807) is 0 Å². The van der Waals surface area contributed by atoms with Crippen molar-refractivity contribution in [2.45, 2.75) is 45.4 Å². The van der Waals surface area contributed by atoms with E-state index in [-0.39, 0.29) is 10.8 Å². The van der Waals surface area contributed by atoms with Crippen molar-refractivity contribution in [3.05, 3.63) is 33.9 Å². The molecule has 1 aromatic rings. The molecule has 0 amide bonds. The molecule has 0 saturated heterocycles. The van der Waals surface area contributed by atoms with E-state index >= 15 is 0 Å². The van der Waals surface area contributed by atoms with Gasteiger partial charge in [0, 0.05) is 4.83 Å². The normalized spacial score (nSPS) is 12.3. The van der Waals surface area contributed by atoms with Gasteiger partial charge in [-0.15, -0.1) is 0 Å². The smallest absolute Gasteiger partial charge is 0.306 e. The topological polar surface area (TPSA) is 26.3 Å². The second-order valence-electron chi connectivity index (χ2n) is 4.82. The maximum Gasteiger partial charge on any atom is 0.306 e. The number of hydrogen-bond acceptors (Lipinski definition) is 2. The van der Waals surface area contributed by atoms with Crippen LogP contribution in [0.5, 0.6) is 0 Å². The van der Waals surface area contributed by atoms with E-state index in [4.69, 9.17) is 4.74 Å². The Kier molecular flexibility index (Phi) is 5.39. The van der Waals surface area contributed by atoms with Gasteiger partial charge < -0.3 is 4.74 Å². The van der Waals surface area contributed by atoms with E-state index in [9.17, 15) is 4.79 Å². The van der Waals surface area contributed by atoms with Crippen LogP contribution in [0.1, 0.15) is 34.2 Å². The maximum atomic E-state index is 11.3. The molecule has 2 nitrogen and oxygen atoms in total. The Morgan fingerprint density at radius 3 is 2.17 bits per heavy atom. The molecule has 1 unspecified atom stereocenters. The molecule has 3 heteroatoms. The number of hydrogen-bond donors (Lipinski definition) is 0. The lowest BCUT2D eigenvalue weighted by Gasteiger charge is -2.17. The summed E-state index contributed by atoms with van der Waals surface area (Å²) in [6, 6.07) is 2.22. The summed E-state index contributed by atoms with van der Waals surface area (Å²) in [5, 5.41) is 0. The summed E-state index contributed by atoms with van der Waals surface area (Å²) in [5.74, 6) is -0.170. The van der Waals surface area contributed by atoms with Crippen molar-refractivity contribution in [2.75, 3.05) is 7.11 Å². The number of benzene rings is 1. The molecule has 0 spiro atoms. The highest BCUT2D eigenvalue weighted by Crippen LogP contribution is 2.25. The number of alkyl halides is 1. The Morgan fingerprint density at radius 2 is 1.72 bits per heavy atom. The summed E-state index contributed by atoms with van der Waals surface area (Å²) in [7, 11) is 1.43. The minimum Gasteiger partial charge on any atom is -0.469 e. The first-order valence-electron chi connectivity index (χ1n) is 6.14. The lowest BCUT2D eigenvalue weighted by Crippen LogP contribution is -2.13. The Labute approximate surface area is 118 Å². The predicted octanol–water partition coefficient (Wildman–Crippen LogP) is 3.79. The van der Waals surface area contributed by atoms with E-state index in [1.165, 1.54) is 34.9 Å². The van der Waals surface area contributed by atoms with Crippen molar-refractivity contribution in [3.8, 4) is 0 Å². The number of carbonyl (C=O) groups is 1. The zero-order chi connectivity index (χ0) is 13.9. The molecule has 1 rings (SSSR count). The second-order valence-corrected chi connectivity index (χ2v) is 6.12. The number of aryl methyl sites for hydroxylation is 2. The van der Waals surface area contributed by atoms with Gasteiger partial charge in [0.15, 0.2) is 0 Å².